The lowest BCUT2D eigenvalue weighted by Gasteiger charge is -2.10. The van der Waals surface area contributed by atoms with E-state index in [1.54, 1.807) is 24.3 Å². The van der Waals surface area contributed by atoms with Gasteiger partial charge in [-0.3, -0.25) is 29.7 Å². The third-order valence-electron chi connectivity index (χ3n) is 4.10. The Labute approximate surface area is 185 Å². The first kappa shape index (κ1) is 22.5. The molecule has 0 aliphatic carbocycles. The molecule has 1 amide bonds. The van der Waals surface area contributed by atoms with E-state index in [0.717, 1.165) is 6.20 Å². The van der Waals surface area contributed by atoms with E-state index in [-0.39, 0.29) is 41.7 Å². The number of aryl methyl sites for hydroxylation is 1. The highest BCUT2D eigenvalue weighted by Crippen LogP contribution is 2.30. The molecule has 0 aliphatic rings. The van der Waals surface area contributed by atoms with Crippen molar-refractivity contribution in [1.29, 1.82) is 0 Å². The number of hydrogen-bond acceptors (Lipinski definition) is 8. The van der Waals surface area contributed by atoms with Crippen molar-refractivity contribution >= 4 is 34.6 Å². The fourth-order valence-electron chi connectivity index (χ4n) is 2.68. The Morgan fingerprint density at radius 1 is 1.12 bits per heavy atom. The minimum absolute atomic E-state index is 0.0269. The first-order valence-corrected chi connectivity index (χ1v) is 9.41. The predicted molar refractivity (Wildman–Crippen MR) is 113 cm³/mol. The number of non-ortho nitro benzene ring substituents is 1. The van der Waals surface area contributed by atoms with Gasteiger partial charge < -0.3 is 14.8 Å². The van der Waals surface area contributed by atoms with Crippen LogP contribution in [-0.2, 0) is 11.3 Å². The lowest BCUT2D eigenvalue weighted by molar-refractivity contribution is -0.385. The second-order valence-electron chi connectivity index (χ2n) is 6.37. The van der Waals surface area contributed by atoms with E-state index < -0.39 is 15.8 Å². The standard InChI is InChI=1S/C19H16ClN5O7/c1-31-19-17(25(29)30)11-23(22-19)7-6-18(26)21-13-8-14(24(27)28)10-16(9-13)32-15-4-2-12(20)3-5-15/h2-5,8-11H,6-7H2,1H3,(H,21,26). The van der Waals surface area contributed by atoms with Gasteiger partial charge in [0, 0.05) is 23.6 Å². The fraction of sp³-hybridized carbons (Fsp3) is 0.158. The minimum atomic E-state index is -0.645. The van der Waals surface area contributed by atoms with Gasteiger partial charge in [0.1, 0.15) is 17.7 Å². The lowest BCUT2D eigenvalue weighted by Crippen LogP contribution is -2.15. The molecule has 0 aliphatic heterocycles. The van der Waals surface area contributed by atoms with E-state index in [9.17, 15) is 25.0 Å². The molecule has 3 aromatic rings. The van der Waals surface area contributed by atoms with Crippen molar-refractivity contribution in [2.24, 2.45) is 0 Å². The molecule has 0 saturated carbocycles. The molecule has 0 fully saturated rings. The summed E-state index contributed by atoms with van der Waals surface area (Å²) in [5.41, 5.74) is -0.452. The van der Waals surface area contributed by atoms with Crippen molar-refractivity contribution < 1.29 is 24.1 Å². The second-order valence-corrected chi connectivity index (χ2v) is 6.81. The minimum Gasteiger partial charge on any atom is -0.475 e. The van der Waals surface area contributed by atoms with Crippen LogP contribution in [-0.4, -0.2) is 32.6 Å². The molecular formula is C19H16ClN5O7. The second kappa shape index (κ2) is 9.75. The predicted octanol–water partition coefficient (Wildman–Crippen LogP) is 4.18. The number of carbonyl (C=O) groups is 1. The number of hydrogen-bond donors (Lipinski definition) is 1. The highest BCUT2D eigenvalue weighted by molar-refractivity contribution is 6.30. The molecule has 32 heavy (non-hydrogen) atoms. The van der Waals surface area contributed by atoms with Gasteiger partial charge in [0.15, 0.2) is 0 Å². The van der Waals surface area contributed by atoms with Crippen LogP contribution in [0.1, 0.15) is 6.42 Å². The van der Waals surface area contributed by atoms with Gasteiger partial charge in [-0.25, -0.2) is 0 Å². The number of benzene rings is 2. The summed E-state index contributed by atoms with van der Waals surface area (Å²) in [6, 6.07) is 10.2. The normalized spacial score (nSPS) is 10.4. The highest BCUT2D eigenvalue weighted by atomic mass is 35.5. The van der Waals surface area contributed by atoms with Crippen LogP contribution in [0.2, 0.25) is 5.02 Å². The van der Waals surface area contributed by atoms with Crippen LogP contribution in [0, 0.1) is 20.2 Å². The number of aromatic nitrogens is 2. The molecule has 166 valence electrons. The van der Waals surface area contributed by atoms with Crippen LogP contribution in [0.25, 0.3) is 0 Å². The fourth-order valence-corrected chi connectivity index (χ4v) is 2.80. The molecule has 0 radical (unpaired) electrons. The molecule has 2 aromatic carbocycles. The topological polar surface area (TPSA) is 152 Å². The zero-order valence-corrected chi connectivity index (χ0v) is 17.3. The molecule has 1 heterocycles. The molecule has 12 nitrogen and oxygen atoms in total. The molecule has 3 rings (SSSR count). The Morgan fingerprint density at radius 2 is 1.84 bits per heavy atom. The SMILES string of the molecule is COc1nn(CCC(=O)Nc2cc(Oc3ccc(Cl)cc3)cc([N+](=O)[O-])c2)cc1[N+](=O)[O-]. The van der Waals surface area contributed by atoms with Crippen molar-refractivity contribution in [2.45, 2.75) is 13.0 Å². The number of nitro benzene ring substituents is 1. The van der Waals surface area contributed by atoms with Gasteiger partial charge in [-0.2, -0.15) is 0 Å². The summed E-state index contributed by atoms with van der Waals surface area (Å²) < 4.78 is 11.7. The molecule has 0 unspecified atom stereocenters. The number of halogens is 1. The Morgan fingerprint density at radius 3 is 2.44 bits per heavy atom. The average Bonchev–Trinajstić information content (AvgIpc) is 3.17. The van der Waals surface area contributed by atoms with Crippen molar-refractivity contribution in [1.82, 2.24) is 9.78 Å². The van der Waals surface area contributed by atoms with Crippen LogP contribution >= 0.6 is 11.6 Å². The smallest absolute Gasteiger partial charge is 0.350 e. The largest absolute Gasteiger partial charge is 0.475 e. The maximum absolute atomic E-state index is 12.3. The summed E-state index contributed by atoms with van der Waals surface area (Å²) >= 11 is 5.83. The third kappa shape index (κ3) is 5.70. The Bertz CT molecular complexity index is 1160. The number of rotatable bonds is 9. The van der Waals surface area contributed by atoms with E-state index in [1.165, 1.54) is 30.0 Å². The number of ether oxygens (including phenoxy) is 2. The summed E-state index contributed by atoms with van der Waals surface area (Å²) in [5.74, 6) is -0.108. The number of nitro groups is 2. The van der Waals surface area contributed by atoms with Gasteiger partial charge in [0.2, 0.25) is 5.91 Å². The van der Waals surface area contributed by atoms with E-state index in [0.29, 0.717) is 10.8 Å². The van der Waals surface area contributed by atoms with E-state index in [4.69, 9.17) is 21.1 Å². The Hall–Kier alpha value is -4.19. The molecule has 13 heteroatoms. The first-order valence-electron chi connectivity index (χ1n) is 9.03. The molecule has 1 aromatic heterocycles. The van der Waals surface area contributed by atoms with Gasteiger partial charge >= 0.3 is 11.6 Å². The zero-order valence-electron chi connectivity index (χ0n) is 16.6. The highest BCUT2D eigenvalue weighted by Gasteiger charge is 2.20. The van der Waals surface area contributed by atoms with Crippen LogP contribution in [0.15, 0.2) is 48.7 Å². The monoisotopic (exact) mass is 461 g/mol. The van der Waals surface area contributed by atoms with Crippen LogP contribution < -0.4 is 14.8 Å². The summed E-state index contributed by atoms with van der Waals surface area (Å²) in [5, 5.41) is 29.2. The molecule has 1 N–H and O–H groups in total. The first-order chi connectivity index (χ1) is 15.2. The van der Waals surface area contributed by atoms with Crippen LogP contribution in [0.3, 0.4) is 0 Å². The van der Waals surface area contributed by atoms with Crippen molar-refractivity contribution in [3.05, 3.63) is 73.9 Å². The van der Waals surface area contributed by atoms with Crippen molar-refractivity contribution in [3.8, 4) is 17.4 Å². The molecule has 0 bridgehead atoms. The average molecular weight is 462 g/mol. The van der Waals surface area contributed by atoms with Gasteiger partial charge in [-0.15, -0.1) is 5.10 Å². The van der Waals surface area contributed by atoms with E-state index in [2.05, 4.69) is 10.4 Å². The number of nitrogens with one attached hydrogen (secondary N) is 1. The van der Waals surface area contributed by atoms with Gasteiger partial charge in [-0.1, -0.05) is 11.6 Å². The number of anilines is 1. The Balaban J connectivity index is 1.70. The number of methoxy groups -OCH3 is 1. The summed E-state index contributed by atoms with van der Waals surface area (Å²) in [6.45, 7) is 0.0269. The zero-order chi connectivity index (χ0) is 23.3. The summed E-state index contributed by atoms with van der Waals surface area (Å²) in [7, 11) is 1.25. The van der Waals surface area contributed by atoms with Crippen LogP contribution in [0.4, 0.5) is 17.1 Å². The van der Waals surface area contributed by atoms with Gasteiger partial charge in [0.25, 0.3) is 5.69 Å². The maximum Gasteiger partial charge on any atom is 0.350 e. The van der Waals surface area contributed by atoms with E-state index in [1.807, 2.05) is 0 Å². The molecule has 0 saturated heterocycles. The van der Waals surface area contributed by atoms with Gasteiger partial charge in [0.05, 0.1) is 35.3 Å². The molecule has 0 spiro atoms. The van der Waals surface area contributed by atoms with Crippen LogP contribution in [0.5, 0.6) is 17.4 Å². The molecule has 0 atom stereocenters. The summed E-state index contributed by atoms with van der Waals surface area (Å²) in [6.07, 6.45) is 1.05. The third-order valence-corrected chi connectivity index (χ3v) is 4.35. The van der Waals surface area contributed by atoms with Crippen molar-refractivity contribution in [2.75, 3.05) is 12.4 Å². The Kier molecular flexibility index (Phi) is 6.85. The quantitative estimate of drug-likeness (QED) is 0.368. The van der Waals surface area contributed by atoms with Crippen molar-refractivity contribution in [3.63, 3.8) is 0 Å². The van der Waals surface area contributed by atoms with Gasteiger partial charge in [-0.05, 0) is 24.3 Å². The maximum atomic E-state index is 12.3. The lowest BCUT2D eigenvalue weighted by atomic mass is 10.2. The van der Waals surface area contributed by atoms with E-state index >= 15 is 0 Å². The molecular weight excluding hydrogens is 446 g/mol. The summed E-state index contributed by atoms with van der Waals surface area (Å²) in [4.78, 5) is 33.3. The number of amides is 1. The number of nitrogens with zero attached hydrogens (tertiary/aromatic N) is 4. The number of carbonyl (C=O) groups excluding carboxylic acids is 1.